The van der Waals surface area contributed by atoms with Gasteiger partial charge in [-0.3, -0.25) is 4.79 Å². The van der Waals surface area contributed by atoms with Gasteiger partial charge in [0.05, 0.1) is 6.42 Å². The molecule has 0 aromatic carbocycles. The second kappa shape index (κ2) is 6.95. The predicted octanol–water partition coefficient (Wildman–Crippen LogP) is 2.75. The molecule has 0 bridgehead atoms. The molecular formula is C15H28N2O3. The van der Waals surface area contributed by atoms with Crippen LogP contribution in [0.3, 0.4) is 0 Å². The largest absolute Gasteiger partial charge is 0.481 e. The van der Waals surface area contributed by atoms with Crippen molar-refractivity contribution in [3.05, 3.63) is 0 Å². The van der Waals surface area contributed by atoms with E-state index in [9.17, 15) is 9.59 Å². The molecule has 5 nitrogen and oxygen atoms in total. The Morgan fingerprint density at radius 3 is 2.45 bits per heavy atom. The molecule has 116 valence electrons. The molecule has 0 aromatic rings. The number of aliphatic carboxylic acids is 1. The normalized spacial score (nSPS) is 23.1. The van der Waals surface area contributed by atoms with Gasteiger partial charge in [0.1, 0.15) is 0 Å². The number of hydrogen-bond donors (Lipinski definition) is 3. The summed E-state index contributed by atoms with van der Waals surface area (Å²) in [6, 6.07) is -0.419. The van der Waals surface area contributed by atoms with E-state index in [2.05, 4.69) is 24.5 Å². The molecule has 0 saturated heterocycles. The van der Waals surface area contributed by atoms with E-state index in [0.717, 1.165) is 19.3 Å². The first-order chi connectivity index (χ1) is 9.22. The Kier molecular flexibility index (Phi) is 5.84. The van der Waals surface area contributed by atoms with Gasteiger partial charge in [-0.05, 0) is 24.2 Å². The van der Waals surface area contributed by atoms with Crippen LogP contribution in [0.15, 0.2) is 0 Å². The minimum absolute atomic E-state index is 0.0425. The van der Waals surface area contributed by atoms with Crippen molar-refractivity contribution < 1.29 is 14.7 Å². The SMILES string of the molecule is CC(C)C(CC(=O)O)NC(=O)NC1CCCCC1(C)C. The van der Waals surface area contributed by atoms with E-state index in [1.807, 2.05) is 13.8 Å². The third kappa shape index (κ3) is 5.02. The number of carboxylic acids is 1. The van der Waals surface area contributed by atoms with Crippen LogP contribution in [0.4, 0.5) is 4.79 Å². The van der Waals surface area contributed by atoms with Crippen molar-refractivity contribution in [3.8, 4) is 0 Å². The standard InChI is InChI=1S/C15H28N2O3/c1-10(2)11(9-13(18)19)16-14(20)17-12-7-5-6-8-15(12,3)4/h10-12H,5-9H2,1-4H3,(H,18,19)(H2,16,17,20). The van der Waals surface area contributed by atoms with E-state index in [1.165, 1.54) is 6.42 Å². The molecule has 0 aromatic heterocycles. The number of urea groups is 1. The molecule has 2 unspecified atom stereocenters. The summed E-state index contributed by atoms with van der Waals surface area (Å²) < 4.78 is 0. The Morgan fingerprint density at radius 1 is 1.30 bits per heavy atom. The van der Waals surface area contributed by atoms with Crippen molar-refractivity contribution in [1.29, 1.82) is 0 Å². The van der Waals surface area contributed by atoms with Gasteiger partial charge in [-0.2, -0.15) is 0 Å². The molecule has 1 aliphatic rings. The summed E-state index contributed by atoms with van der Waals surface area (Å²) in [7, 11) is 0. The maximum absolute atomic E-state index is 12.1. The second-order valence-electron chi connectivity index (χ2n) is 6.85. The maximum Gasteiger partial charge on any atom is 0.315 e. The molecule has 1 fully saturated rings. The molecule has 5 heteroatoms. The number of carbonyl (C=O) groups excluding carboxylic acids is 1. The summed E-state index contributed by atoms with van der Waals surface area (Å²) in [6.07, 6.45) is 4.41. The molecule has 2 amide bonds. The van der Waals surface area contributed by atoms with Crippen molar-refractivity contribution in [3.63, 3.8) is 0 Å². The average molecular weight is 284 g/mol. The van der Waals surface area contributed by atoms with Crippen molar-refractivity contribution in [2.24, 2.45) is 11.3 Å². The monoisotopic (exact) mass is 284 g/mol. The van der Waals surface area contributed by atoms with Gasteiger partial charge in [-0.25, -0.2) is 4.79 Å². The second-order valence-corrected chi connectivity index (χ2v) is 6.85. The van der Waals surface area contributed by atoms with Gasteiger partial charge in [-0.1, -0.05) is 40.5 Å². The van der Waals surface area contributed by atoms with E-state index in [0.29, 0.717) is 0 Å². The smallest absolute Gasteiger partial charge is 0.315 e. The van der Waals surface area contributed by atoms with E-state index in [4.69, 9.17) is 5.11 Å². The van der Waals surface area contributed by atoms with Gasteiger partial charge < -0.3 is 15.7 Å². The third-order valence-corrected chi connectivity index (χ3v) is 4.33. The number of amides is 2. The molecule has 3 N–H and O–H groups in total. The summed E-state index contributed by atoms with van der Waals surface area (Å²) in [6.45, 7) is 8.18. The Morgan fingerprint density at radius 2 is 1.95 bits per heavy atom. The van der Waals surface area contributed by atoms with Crippen LogP contribution >= 0.6 is 0 Å². The van der Waals surface area contributed by atoms with E-state index >= 15 is 0 Å². The van der Waals surface area contributed by atoms with Gasteiger partial charge in [0, 0.05) is 12.1 Å². The zero-order valence-corrected chi connectivity index (χ0v) is 13.0. The first kappa shape index (κ1) is 16.8. The lowest BCUT2D eigenvalue weighted by Crippen LogP contribution is -2.53. The van der Waals surface area contributed by atoms with Gasteiger partial charge in [0.25, 0.3) is 0 Å². The fourth-order valence-corrected chi connectivity index (χ4v) is 2.77. The summed E-state index contributed by atoms with van der Waals surface area (Å²) in [5.41, 5.74) is 0.107. The molecule has 0 radical (unpaired) electrons. The molecule has 20 heavy (non-hydrogen) atoms. The van der Waals surface area contributed by atoms with Gasteiger partial charge in [0.15, 0.2) is 0 Å². The summed E-state index contributed by atoms with van der Waals surface area (Å²) in [5, 5.41) is 14.7. The number of carboxylic acid groups (broad SMARTS) is 1. The summed E-state index contributed by atoms with van der Waals surface area (Å²) in [5.74, 6) is -0.793. The van der Waals surface area contributed by atoms with Crippen LogP contribution < -0.4 is 10.6 Å². The third-order valence-electron chi connectivity index (χ3n) is 4.33. The lowest BCUT2D eigenvalue weighted by molar-refractivity contribution is -0.137. The molecule has 0 aliphatic heterocycles. The predicted molar refractivity (Wildman–Crippen MR) is 78.6 cm³/mol. The molecule has 1 aliphatic carbocycles. The lowest BCUT2D eigenvalue weighted by atomic mass is 9.73. The van der Waals surface area contributed by atoms with Gasteiger partial charge in [0.2, 0.25) is 0 Å². The fraction of sp³-hybridized carbons (Fsp3) is 0.867. The number of nitrogens with one attached hydrogen (secondary N) is 2. The Balaban J connectivity index is 2.54. The van der Waals surface area contributed by atoms with Crippen LogP contribution in [0, 0.1) is 11.3 Å². The topological polar surface area (TPSA) is 78.4 Å². The van der Waals surface area contributed by atoms with Gasteiger partial charge in [-0.15, -0.1) is 0 Å². The van der Waals surface area contributed by atoms with Crippen LogP contribution in [-0.2, 0) is 4.79 Å². The fourth-order valence-electron chi connectivity index (χ4n) is 2.77. The molecule has 2 atom stereocenters. The average Bonchev–Trinajstić information content (AvgIpc) is 2.30. The van der Waals surface area contributed by atoms with Crippen LogP contribution in [0.2, 0.25) is 0 Å². The van der Waals surface area contributed by atoms with E-state index in [1.54, 1.807) is 0 Å². The van der Waals surface area contributed by atoms with E-state index in [-0.39, 0.29) is 35.9 Å². The summed E-state index contributed by atoms with van der Waals surface area (Å²) >= 11 is 0. The highest BCUT2D eigenvalue weighted by Crippen LogP contribution is 2.35. The Hall–Kier alpha value is -1.26. The lowest BCUT2D eigenvalue weighted by Gasteiger charge is -2.39. The first-order valence-corrected chi connectivity index (χ1v) is 7.51. The van der Waals surface area contributed by atoms with Crippen molar-refractivity contribution >= 4 is 12.0 Å². The highest BCUT2D eigenvalue weighted by Gasteiger charge is 2.33. The van der Waals surface area contributed by atoms with Gasteiger partial charge >= 0.3 is 12.0 Å². The van der Waals surface area contributed by atoms with Crippen LogP contribution in [0.25, 0.3) is 0 Å². The molecule has 0 spiro atoms. The first-order valence-electron chi connectivity index (χ1n) is 7.51. The van der Waals surface area contributed by atoms with E-state index < -0.39 is 5.97 Å². The number of rotatable bonds is 5. The van der Waals surface area contributed by atoms with Crippen LogP contribution in [-0.4, -0.2) is 29.2 Å². The minimum atomic E-state index is -0.887. The molecule has 0 heterocycles. The van der Waals surface area contributed by atoms with Crippen LogP contribution in [0.5, 0.6) is 0 Å². The Labute approximate surface area is 121 Å². The van der Waals surface area contributed by atoms with Crippen molar-refractivity contribution in [2.45, 2.75) is 71.9 Å². The van der Waals surface area contributed by atoms with Crippen molar-refractivity contribution in [1.82, 2.24) is 10.6 Å². The zero-order chi connectivity index (χ0) is 15.3. The van der Waals surface area contributed by atoms with Crippen LogP contribution in [0.1, 0.15) is 59.8 Å². The Bertz CT molecular complexity index is 353. The molecular weight excluding hydrogens is 256 g/mol. The highest BCUT2D eigenvalue weighted by atomic mass is 16.4. The summed E-state index contributed by atoms with van der Waals surface area (Å²) in [4.78, 5) is 22.9. The zero-order valence-electron chi connectivity index (χ0n) is 13.0. The molecule has 1 saturated carbocycles. The highest BCUT2D eigenvalue weighted by molar-refractivity contribution is 5.76. The maximum atomic E-state index is 12.1. The number of hydrogen-bond acceptors (Lipinski definition) is 2. The quantitative estimate of drug-likeness (QED) is 0.726. The van der Waals surface area contributed by atoms with Crippen molar-refractivity contribution in [2.75, 3.05) is 0 Å². The minimum Gasteiger partial charge on any atom is -0.481 e. The number of carbonyl (C=O) groups is 2. The molecule has 1 rings (SSSR count).